The van der Waals surface area contributed by atoms with Crippen molar-refractivity contribution >= 4 is 17.7 Å². The van der Waals surface area contributed by atoms with E-state index in [1.54, 1.807) is 0 Å². The van der Waals surface area contributed by atoms with Crippen LogP contribution in [-0.4, -0.2) is 22.1 Å². The van der Waals surface area contributed by atoms with E-state index in [1.165, 1.54) is 24.3 Å². The maximum absolute atomic E-state index is 12.0. The topological polar surface area (TPSA) is 97.9 Å². The molecule has 1 amide bonds. The number of rotatable bonds is 4. The molecule has 1 fully saturated rings. The Morgan fingerprint density at radius 3 is 2.45 bits per heavy atom. The fraction of sp³-hybridized carbons (Fsp3) is 0.214. The Morgan fingerprint density at radius 1 is 1.20 bits per heavy atom. The number of nitrogens with zero attached hydrogens (tertiary/aromatic N) is 1. The molecule has 2 aromatic rings. The Morgan fingerprint density at radius 2 is 1.85 bits per heavy atom. The maximum Gasteiger partial charge on any atom is 0.256 e. The van der Waals surface area contributed by atoms with Crippen molar-refractivity contribution in [1.82, 2.24) is 10.2 Å². The van der Waals surface area contributed by atoms with Gasteiger partial charge in [0, 0.05) is 23.2 Å². The highest BCUT2D eigenvalue weighted by Gasteiger charge is 2.25. The fourth-order valence-corrected chi connectivity index (χ4v) is 1.95. The van der Waals surface area contributed by atoms with Gasteiger partial charge in [0.05, 0.1) is 5.97 Å². The molecule has 0 unspecified atom stereocenters. The van der Waals surface area contributed by atoms with E-state index in [9.17, 15) is 14.7 Å². The minimum Gasteiger partial charge on any atom is -0.545 e. The number of aromatic nitrogens is 2. The van der Waals surface area contributed by atoms with Gasteiger partial charge in [-0.3, -0.25) is 9.89 Å². The zero-order chi connectivity index (χ0) is 14.1. The quantitative estimate of drug-likeness (QED) is 0.862. The van der Waals surface area contributed by atoms with E-state index in [0.29, 0.717) is 17.3 Å². The van der Waals surface area contributed by atoms with Crippen molar-refractivity contribution in [2.45, 2.75) is 18.8 Å². The zero-order valence-corrected chi connectivity index (χ0v) is 10.6. The highest BCUT2D eigenvalue weighted by molar-refractivity contribution is 6.04. The van der Waals surface area contributed by atoms with E-state index in [2.05, 4.69) is 15.5 Å². The molecule has 0 atom stereocenters. The lowest BCUT2D eigenvalue weighted by molar-refractivity contribution is -0.255. The van der Waals surface area contributed by atoms with Gasteiger partial charge < -0.3 is 15.2 Å². The lowest BCUT2D eigenvalue weighted by Crippen LogP contribution is -2.22. The van der Waals surface area contributed by atoms with Crippen LogP contribution in [0.4, 0.5) is 5.82 Å². The first-order valence-electron chi connectivity index (χ1n) is 6.31. The van der Waals surface area contributed by atoms with Crippen LogP contribution in [0.5, 0.6) is 0 Å². The largest absolute Gasteiger partial charge is 0.545 e. The van der Waals surface area contributed by atoms with Gasteiger partial charge in [-0.25, -0.2) is 0 Å². The molecule has 0 aliphatic heterocycles. The van der Waals surface area contributed by atoms with Crippen molar-refractivity contribution in [1.29, 1.82) is 0 Å². The van der Waals surface area contributed by atoms with Gasteiger partial charge in [0.15, 0.2) is 5.82 Å². The third-order valence-electron chi connectivity index (χ3n) is 3.24. The number of anilines is 1. The van der Waals surface area contributed by atoms with E-state index < -0.39 is 5.97 Å². The lowest BCUT2D eigenvalue weighted by Gasteiger charge is -2.04. The molecule has 1 aromatic carbocycles. The molecule has 2 N–H and O–H groups in total. The van der Waals surface area contributed by atoms with Crippen LogP contribution in [0.1, 0.15) is 45.2 Å². The van der Waals surface area contributed by atoms with Gasteiger partial charge in [-0.05, 0) is 30.5 Å². The number of carboxylic acid groups (broad SMARTS) is 1. The third kappa shape index (κ3) is 2.54. The van der Waals surface area contributed by atoms with E-state index in [0.717, 1.165) is 18.5 Å². The van der Waals surface area contributed by atoms with Crippen molar-refractivity contribution in [3.63, 3.8) is 0 Å². The van der Waals surface area contributed by atoms with Crippen LogP contribution < -0.4 is 10.4 Å². The van der Waals surface area contributed by atoms with Crippen LogP contribution >= 0.6 is 0 Å². The second kappa shape index (κ2) is 4.80. The summed E-state index contributed by atoms with van der Waals surface area (Å²) >= 11 is 0. The van der Waals surface area contributed by atoms with Crippen LogP contribution in [0.3, 0.4) is 0 Å². The summed E-state index contributed by atoms with van der Waals surface area (Å²) in [6.07, 6.45) is 2.31. The van der Waals surface area contributed by atoms with Gasteiger partial charge in [0.1, 0.15) is 0 Å². The average molecular weight is 270 g/mol. The predicted molar refractivity (Wildman–Crippen MR) is 69.3 cm³/mol. The van der Waals surface area contributed by atoms with Crippen LogP contribution in [0, 0.1) is 0 Å². The summed E-state index contributed by atoms with van der Waals surface area (Å²) in [7, 11) is 0. The Balaban J connectivity index is 1.69. The number of hydrogen-bond acceptors (Lipinski definition) is 4. The summed E-state index contributed by atoms with van der Waals surface area (Å²) in [5, 5.41) is 20.2. The Bertz CT molecular complexity index is 657. The number of benzene rings is 1. The fourth-order valence-electron chi connectivity index (χ4n) is 1.95. The summed E-state index contributed by atoms with van der Waals surface area (Å²) in [5.41, 5.74) is 1.44. The monoisotopic (exact) mass is 270 g/mol. The molecular formula is C14H12N3O3-. The van der Waals surface area contributed by atoms with Crippen LogP contribution in [0.25, 0.3) is 0 Å². The average Bonchev–Trinajstić information content (AvgIpc) is 3.20. The van der Waals surface area contributed by atoms with Gasteiger partial charge in [0.2, 0.25) is 0 Å². The number of aromatic amines is 1. The number of H-pyrrole nitrogens is 1. The number of amides is 1. The van der Waals surface area contributed by atoms with E-state index >= 15 is 0 Å². The van der Waals surface area contributed by atoms with Crippen molar-refractivity contribution in [2.75, 3.05) is 5.32 Å². The molecule has 1 aliphatic carbocycles. The molecule has 1 saturated carbocycles. The van der Waals surface area contributed by atoms with Gasteiger partial charge in [-0.2, -0.15) is 5.10 Å². The molecule has 0 spiro atoms. The van der Waals surface area contributed by atoms with Gasteiger partial charge >= 0.3 is 0 Å². The second-order valence-corrected chi connectivity index (χ2v) is 4.80. The van der Waals surface area contributed by atoms with Crippen LogP contribution in [-0.2, 0) is 0 Å². The lowest BCUT2D eigenvalue weighted by atomic mass is 10.1. The molecule has 3 rings (SSSR count). The first kappa shape index (κ1) is 12.4. The summed E-state index contributed by atoms with van der Waals surface area (Å²) in [6, 6.07) is 7.38. The minimum absolute atomic E-state index is 0.0392. The van der Waals surface area contributed by atoms with E-state index in [1.807, 2.05) is 6.07 Å². The number of carboxylic acids is 1. The molecule has 1 aliphatic rings. The van der Waals surface area contributed by atoms with Crippen molar-refractivity contribution in [2.24, 2.45) is 0 Å². The normalized spacial score (nSPS) is 14.0. The Hall–Kier alpha value is -2.63. The smallest absolute Gasteiger partial charge is 0.256 e. The van der Waals surface area contributed by atoms with Crippen molar-refractivity contribution in [3.05, 3.63) is 47.2 Å². The summed E-state index contributed by atoms with van der Waals surface area (Å²) in [5.74, 6) is -0.585. The summed E-state index contributed by atoms with van der Waals surface area (Å²) in [4.78, 5) is 22.6. The van der Waals surface area contributed by atoms with E-state index in [4.69, 9.17) is 0 Å². The number of carbonyl (C=O) groups is 2. The number of carbonyl (C=O) groups excluding carboxylic acids is 2. The molecule has 0 bridgehead atoms. The Kier molecular flexibility index (Phi) is 2.98. The second-order valence-electron chi connectivity index (χ2n) is 4.80. The molecule has 102 valence electrons. The zero-order valence-electron chi connectivity index (χ0n) is 10.6. The molecule has 20 heavy (non-hydrogen) atoms. The van der Waals surface area contributed by atoms with Crippen molar-refractivity contribution < 1.29 is 14.7 Å². The van der Waals surface area contributed by atoms with Crippen LogP contribution in [0.15, 0.2) is 30.3 Å². The molecular weight excluding hydrogens is 258 g/mol. The SMILES string of the molecule is O=C([O-])c1ccc(C(=O)Nc2cc(C3CC3)[nH]n2)cc1. The van der Waals surface area contributed by atoms with Gasteiger partial charge in [-0.1, -0.05) is 12.1 Å². The first-order chi connectivity index (χ1) is 9.63. The molecule has 1 heterocycles. The van der Waals surface area contributed by atoms with Crippen LogP contribution in [0.2, 0.25) is 0 Å². The Labute approximate surface area is 114 Å². The highest BCUT2D eigenvalue weighted by atomic mass is 16.4. The van der Waals surface area contributed by atoms with Crippen molar-refractivity contribution in [3.8, 4) is 0 Å². The molecule has 1 aromatic heterocycles. The molecule has 0 radical (unpaired) electrons. The predicted octanol–water partition coefficient (Wildman–Crippen LogP) is 0.903. The third-order valence-corrected chi connectivity index (χ3v) is 3.24. The minimum atomic E-state index is -1.27. The van der Waals surface area contributed by atoms with Gasteiger partial charge in [0.25, 0.3) is 5.91 Å². The molecule has 6 nitrogen and oxygen atoms in total. The molecule has 0 saturated heterocycles. The number of nitrogens with one attached hydrogen (secondary N) is 2. The standard InChI is InChI=1S/C14H13N3O3/c18-13(9-3-5-10(6-4-9)14(19)20)15-12-7-11(16-17-12)8-1-2-8/h3-8H,1-2H2,(H,19,20)(H2,15,16,17,18)/p-1. The van der Waals surface area contributed by atoms with E-state index in [-0.39, 0.29) is 11.5 Å². The summed E-state index contributed by atoms with van der Waals surface area (Å²) in [6.45, 7) is 0. The summed E-state index contributed by atoms with van der Waals surface area (Å²) < 4.78 is 0. The first-order valence-corrected chi connectivity index (χ1v) is 6.31. The van der Waals surface area contributed by atoms with Gasteiger partial charge in [-0.15, -0.1) is 0 Å². The number of hydrogen-bond donors (Lipinski definition) is 2. The number of aromatic carboxylic acids is 1. The highest BCUT2D eigenvalue weighted by Crippen LogP contribution is 2.39. The maximum atomic E-state index is 12.0. The molecule has 6 heteroatoms.